The molecule has 0 radical (unpaired) electrons. The number of rotatable bonds is 8. The lowest BCUT2D eigenvalue weighted by atomic mass is 10.2. The Labute approximate surface area is 170 Å². The summed E-state index contributed by atoms with van der Waals surface area (Å²) in [5.41, 5.74) is 1.98. The number of hydrogen-bond acceptors (Lipinski definition) is 7. The molecule has 3 heterocycles. The van der Waals surface area contributed by atoms with Gasteiger partial charge in [0.05, 0.1) is 17.9 Å². The van der Waals surface area contributed by atoms with E-state index in [1.54, 1.807) is 24.5 Å². The third kappa shape index (κ3) is 5.04. The highest BCUT2D eigenvalue weighted by atomic mass is 15.3. The van der Waals surface area contributed by atoms with Gasteiger partial charge in [0.2, 0.25) is 0 Å². The van der Waals surface area contributed by atoms with Gasteiger partial charge in [-0.2, -0.15) is 4.68 Å². The molecule has 3 rings (SSSR count). The largest absolute Gasteiger partial charge is 0.376 e. The van der Waals surface area contributed by atoms with Gasteiger partial charge in [-0.05, 0) is 37.1 Å². The van der Waals surface area contributed by atoms with E-state index >= 15 is 0 Å². The predicted molar refractivity (Wildman–Crippen MR) is 114 cm³/mol. The lowest BCUT2D eigenvalue weighted by molar-refractivity contribution is 0.662. The zero-order valence-electron chi connectivity index (χ0n) is 16.7. The van der Waals surface area contributed by atoms with E-state index < -0.39 is 0 Å². The van der Waals surface area contributed by atoms with Crippen LogP contribution >= 0.6 is 0 Å². The van der Waals surface area contributed by atoms with Crippen LogP contribution in [-0.4, -0.2) is 31.6 Å². The number of hydrogen-bond donors (Lipinski definition) is 4. The minimum absolute atomic E-state index is 0.0460. The summed E-state index contributed by atoms with van der Waals surface area (Å²) in [4.78, 5) is 8.53. The van der Waals surface area contributed by atoms with Gasteiger partial charge in [0.15, 0.2) is 11.3 Å². The number of aromatic nitrogens is 4. The van der Waals surface area contributed by atoms with Crippen LogP contribution in [0.25, 0.3) is 0 Å². The fraction of sp³-hybridized carbons (Fsp3) is 0.286. The zero-order chi connectivity index (χ0) is 20.6. The van der Waals surface area contributed by atoms with Crippen LogP contribution in [0.15, 0.2) is 54.9 Å². The van der Waals surface area contributed by atoms with Gasteiger partial charge >= 0.3 is 0 Å². The van der Waals surface area contributed by atoms with E-state index in [0.717, 1.165) is 18.5 Å². The average molecular weight is 390 g/mol. The smallest absolute Gasteiger partial charge is 0.174 e. The molecule has 0 saturated carbocycles. The molecule has 0 fully saturated rings. The summed E-state index contributed by atoms with van der Waals surface area (Å²) in [5, 5.41) is 28.3. The van der Waals surface area contributed by atoms with Crippen molar-refractivity contribution in [1.29, 1.82) is 10.8 Å². The molecule has 0 spiro atoms. The summed E-state index contributed by atoms with van der Waals surface area (Å²) in [7, 11) is 0. The van der Waals surface area contributed by atoms with Crippen LogP contribution in [0.4, 0.5) is 11.5 Å². The van der Waals surface area contributed by atoms with Gasteiger partial charge in [0.25, 0.3) is 0 Å². The minimum Gasteiger partial charge on any atom is -0.376 e. The van der Waals surface area contributed by atoms with Crippen LogP contribution in [-0.2, 0) is 6.54 Å². The van der Waals surface area contributed by atoms with Gasteiger partial charge in [-0.3, -0.25) is 20.8 Å². The van der Waals surface area contributed by atoms with Crippen LogP contribution in [0.5, 0.6) is 0 Å². The fourth-order valence-corrected chi connectivity index (χ4v) is 2.87. The minimum atomic E-state index is 0.0460. The molecule has 4 N–H and O–H groups in total. The first-order valence-electron chi connectivity index (χ1n) is 9.72. The summed E-state index contributed by atoms with van der Waals surface area (Å²) in [6.45, 7) is 4.70. The second-order valence-electron chi connectivity index (χ2n) is 6.60. The van der Waals surface area contributed by atoms with Crippen molar-refractivity contribution >= 4 is 17.3 Å². The van der Waals surface area contributed by atoms with E-state index in [9.17, 15) is 0 Å². The van der Waals surface area contributed by atoms with Gasteiger partial charge in [-0.15, -0.1) is 5.10 Å². The van der Waals surface area contributed by atoms with E-state index in [-0.39, 0.29) is 17.4 Å². The predicted octanol–water partition coefficient (Wildman–Crippen LogP) is 3.24. The Morgan fingerprint density at radius 2 is 1.79 bits per heavy atom. The Morgan fingerprint density at radius 1 is 1.07 bits per heavy atom. The number of pyridine rings is 2. The lowest BCUT2D eigenvalue weighted by Gasteiger charge is -2.18. The third-order valence-electron chi connectivity index (χ3n) is 4.60. The third-order valence-corrected chi connectivity index (χ3v) is 4.60. The van der Waals surface area contributed by atoms with Crippen molar-refractivity contribution in [1.82, 2.24) is 19.7 Å². The summed E-state index contributed by atoms with van der Waals surface area (Å²) in [6.07, 6.45) is 5.27. The Morgan fingerprint density at radius 3 is 2.41 bits per heavy atom. The van der Waals surface area contributed by atoms with Crippen molar-refractivity contribution < 1.29 is 0 Å². The van der Waals surface area contributed by atoms with Crippen molar-refractivity contribution in [3.8, 4) is 0 Å². The SMILES string of the molecule is CCC(CC)Nc1cc(NCc2ccccn2)c(=N)n(C(=N)c2ccccn2)n1. The first-order valence-corrected chi connectivity index (χ1v) is 9.72. The summed E-state index contributed by atoms with van der Waals surface area (Å²) in [6, 6.07) is 13.1. The van der Waals surface area contributed by atoms with Crippen LogP contribution in [0, 0.1) is 10.8 Å². The molecule has 0 amide bonds. The number of nitrogens with one attached hydrogen (secondary N) is 4. The van der Waals surface area contributed by atoms with Crippen molar-refractivity contribution in [2.24, 2.45) is 0 Å². The van der Waals surface area contributed by atoms with Gasteiger partial charge < -0.3 is 10.6 Å². The normalized spacial score (nSPS) is 10.7. The summed E-state index contributed by atoms with van der Waals surface area (Å²) >= 11 is 0. The molecule has 3 aromatic rings. The summed E-state index contributed by atoms with van der Waals surface area (Å²) in [5.74, 6) is 0.656. The van der Waals surface area contributed by atoms with Crippen molar-refractivity contribution in [2.45, 2.75) is 39.3 Å². The lowest BCUT2D eigenvalue weighted by Crippen LogP contribution is -2.33. The highest BCUT2D eigenvalue weighted by Crippen LogP contribution is 2.13. The molecule has 0 aliphatic carbocycles. The highest BCUT2D eigenvalue weighted by Gasteiger charge is 2.14. The molecular weight excluding hydrogens is 364 g/mol. The Kier molecular flexibility index (Phi) is 6.67. The fourth-order valence-electron chi connectivity index (χ4n) is 2.87. The molecule has 0 aliphatic heterocycles. The average Bonchev–Trinajstić information content (AvgIpc) is 2.78. The number of anilines is 2. The van der Waals surface area contributed by atoms with E-state index in [0.29, 0.717) is 23.7 Å². The van der Waals surface area contributed by atoms with Crippen molar-refractivity contribution in [3.05, 3.63) is 71.7 Å². The topological polar surface area (TPSA) is 115 Å². The van der Waals surface area contributed by atoms with Gasteiger partial charge in [-0.1, -0.05) is 26.0 Å². The maximum absolute atomic E-state index is 8.58. The molecule has 150 valence electrons. The second kappa shape index (κ2) is 9.59. The molecule has 8 nitrogen and oxygen atoms in total. The van der Waals surface area contributed by atoms with Gasteiger partial charge in [0, 0.05) is 24.5 Å². The zero-order valence-corrected chi connectivity index (χ0v) is 16.7. The standard InChI is InChI=1S/C21H26N8/c1-3-15(4-2)27-19-13-18(26-14-16-9-5-7-11-24-16)21(23)29(28-19)20(22)17-10-6-8-12-25-17/h5-13,15,22-23,26H,3-4,14H2,1-2H3,(H,27,28). The monoisotopic (exact) mass is 390 g/mol. The van der Waals surface area contributed by atoms with Crippen LogP contribution < -0.4 is 16.1 Å². The Bertz CT molecular complexity index is 994. The molecule has 0 aromatic carbocycles. The van der Waals surface area contributed by atoms with Crippen molar-refractivity contribution in [3.63, 3.8) is 0 Å². The molecule has 0 unspecified atom stereocenters. The molecule has 0 aliphatic rings. The molecule has 8 heteroatoms. The highest BCUT2D eigenvalue weighted by molar-refractivity contribution is 5.95. The second-order valence-corrected chi connectivity index (χ2v) is 6.60. The van der Waals surface area contributed by atoms with Crippen LogP contribution in [0.1, 0.15) is 38.1 Å². The Balaban J connectivity index is 1.97. The molecule has 0 bridgehead atoms. The first kappa shape index (κ1) is 20.2. The van der Waals surface area contributed by atoms with Crippen LogP contribution in [0.3, 0.4) is 0 Å². The van der Waals surface area contributed by atoms with E-state index in [1.807, 2.05) is 30.3 Å². The van der Waals surface area contributed by atoms with Crippen molar-refractivity contribution in [2.75, 3.05) is 10.6 Å². The summed E-state index contributed by atoms with van der Waals surface area (Å²) < 4.78 is 1.30. The van der Waals surface area contributed by atoms with Gasteiger partial charge in [-0.25, -0.2) is 0 Å². The molecular formula is C21H26N8. The maximum atomic E-state index is 8.58. The molecule has 3 aromatic heterocycles. The Hall–Kier alpha value is -3.55. The van der Waals surface area contributed by atoms with Gasteiger partial charge in [0.1, 0.15) is 11.5 Å². The number of nitrogens with zero attached hydrogens (tertiary/aromatic N) is 4. The quantitative estimate of drug-likeness (QED) is 0.348. The molecule has 29 heavy (non-hydrogen) atoms. The van der Waals surface area contributed by atoms with E-state index in [4.69, 9.17) is 10.8 Å². The molecule has 0 saturated heterocycles. The van der Waals surface area contributed by atoms with Crippen LogP contribution in [0.2, 0.25) is 0 Å². The van der Waals surface area contributed by atoms with E-state index in [2.05, 4.69) is 39.5 Å². The first-order chi connectivity index (χ1) is 14.1. The van der Waals surface area contributed by atoms with E-state index in [1.165, 1.54) is 4.68 Å². The maximum Gasteiger partial charge on any atom is 0.174 e. The molecule has 0 atom stereocenters.